The van der Waals surface area contributed by atoms with Crippen molar-refractivity contribution in [3.8, 4) is 0 Å². The van der Waals surface area contributed by atoms with Gasteiger partial charge in [-0.15, -0.1) is 0 Å². The predicted octanol–water partition coefficient (Wildman–Crippen LogP) is 0.945. The first-order valence-corrected chi connectivity index (χ1v) is 8.93. The molecule has 136 valence electrons. The first-order valence-electron chi connectivity index (χ1n) is 8.93. The summed E-state index contributed by atoms with van der Waals surface area (Å²) in [5, 5.41) is 5.63. The monoisotopic (exact) mass is 338 g/mol. The Balaban J connectivity index is 1.84. The minimum atomic E-state index is -0.770. The molecule has 2 aliphatic rings. The second-order valence-electron chi connectivity index (χ2n) is 7.26. The Morgan fingerprint density at radius 2 is 2.00 bits per heavy atom. The molecule has 1 heterocycles. The lowest BCUT2D eigenvalue weighted by Crippen LogP contribution is -2.50. The zero-order valence-electron chi connectivity index (χ0n) is 15.1. The lowest BCUT2D eigenvalue weighted by atomic mass is 9.75. The van der Waals surface area contributed by atoms with Gasteiger partial charge in [0.2, 0.25) is 5.91 Å². The minimum Gasteiger partial charge on any atom is -0.354 e. The van der Waals surface area contributed by atoms with Gasteiger partial charge in [0.15, 0.2) is 0 Å². The molecular weight excluding hydrogens is 308 g/mol. The van der Waals surface area contributed by atoms with Crippen LogP contribution in [0.3, 0.4) is 0 Å². The number of imide groups is 1. The largest absolute Gasteiger partial charge is 0.354 e. The van der Waals surface area contributed by atoms with Gasteiger partial charge in [0.25, 0.3) is 5.91 Å². The molecule has 7 nitrogen and oxygen atoms in total. The number of carbonyl (C=O) groups is 3. The van der Waals surface area contributed by atoms with Crippen LogP contribution in [0.4, 0.5) is 4.79 Å². The van der Waals surface area contributed by atoms with Crippen LogP contribution in [0, 0.1) is 5.92 Å². The molecule has 4 amide bonds. The smallest absolute Gasteiger partial charge is 0.325 e. The first-order chi connectivity index (χ1) is 11.4. The average molecular weight is 338 g/mol. The zero-order valence-corrected chi connectivity index (χ0v) is 15.1. The van der Waals surface area contributed by atoms with Crippen molar-refractivity contribution in [3.05, 3.63) is 0 Å². The maximum atomic E-state index is 12.7. The van der Waals surface area contributed by atoms with Gasteiger partial charge in [-0.3, -0.25) is 14.5 Å². The maximum absolute atomic E-state index is 12.7. The number of nitrogens with zero attached hydrogens (tertiary/aromatic N) is 2. The van der Waals surface area contributed by atoms with Crippen molar-refractivity contribution in [2.45, 2.75) is 51.0 Å². The molecule has 1 saturated carbocycles. The van der Waals surface area contributed by atoms with Crippen LogP contribution in [-0.4, -0.2) is 66.9 Å². The highest BCUT2D eigenvalue weighted by Crippen LogP contribution is 2.37. The molecule has 0 aromatic carbocycles. The summed E-state index contributed by atoms with van der Waals surface area (Å²) in [6.45, 7) is 3.39. The Kier molecular flexibility index (Phi) is 6.21. The molecule has 0 aromatic rings. The van der Waals surface area contributed by atoms with Crippen molar-refractivity contribution in [2.75, 3.05) is 33.7 Å². The molecule has 2 N–H and O–H groups in total. The highest BCUT2D eigenvalue weighted by molar-refractivity contribution is 6.09. The molecule has 1 aliphatic heterocycles. The number of carbonyl (C=O) groups excluding carboxylic acids is 3. The Labute approximate surface area is 144 Å². The summed E-state index contributed by atoms with van der Waals surface area (Å²) in [4.78, 5) is 40.0. The molecule has 2 fully saturated rings. The van der Waals surface area contributed by atoms with Crippen LogP contribution in [-0.2, 0) is 9.59 Å². The molecule has 1 saturated heterocycles. The van der Waals surface area contributed by atoms with Crippen molar-refractivity contribution in [3.63, 3.8) is 0 Å². The van der Waals surface area contributed by atoms with Crippen LogP contribution in [0.15, 0.2) is 0 Å². The van der Waals surface area contributed by atoms with E-state index in [0.29, 0.717) is 25.3 Å². The average Bonchev–Trinajstić information content (AvgIpc) is 2.77. The van der Waals surface area contributed by atoms with E-state index in [4.69, 9.17) is 0 Å². The van der Waals surface area contributed by atoms with Crippen molar-refractivity contribution >= 4 is 17.8 Å². The van der Waals surface area contributed by atoms with Gasteiger partial charge in [-0.25, -0.2) is 4.79 Å². The lowest BCUT2D eigenvalue weighted by Gasteiger charge is -2.34. The minimum absolute atomic E-state index is 0.189. The molecule has 24 heavy (non-hydrogen) atoms. The molecule has 0 bridgehead atoms. The topological polar surface area (TPSA) is 81.8 Å². The van der Waals surface area contributed by atoms with Crippen molar-refractivity contribution in [1.82, 2.24) is 20.4 Å². The first kappa shape index (κ1) is 18.7. The van der Waals surface area contributed by atoms with Gasteiger partial charge in [0.1, 0.15) is 12.1 Å². The quantitative estimate of drug-likeness (QED) is 0.535. The normalized spacial score (nSPS) is 27.0. The number of amides is 4. The van der Waals surface area contributed by atoms with Crippen LogP contribution in [0.5, 0.6) is 0 Å². The number of nitrogens with one attached hydrogen (secondary N) is 2. The van der Waals surface area contributed by atoms with E-state index in [0.717, 1.165) is 37.1 Å². The molecule has 0 atom stereocenters. The molecular formula is C17H30N4O3. The van der Waals surface area contributed by atoms with E-state index in [-0.39, 0.29) is 18.4 Å². The van der Waals surface area contributed by atoms with E-state index < -0.39 is 11.6 Å². The standard InChI is InChI=1S/C17H30N4O3/c1-4-13-6-8-17(9-7-13)15(23)21(16(24)19-17)12-14(22)18-10-5-11-20(2)3/h13H,4-12H2,1-3H3,(H,18,22)(H,19,24). The van der Waals surface area contributed by atoms with Gasteiger partial charge < -0.3 is 15.5 Å². The third-order valence-electron chi connectivity index (χ3n) is 5.19. The molecule has 1 aliphatic carbocycles. The van der Waals surface area contributed by atoms with Crippen molar-refractivity contribution < 1.29 is 14.4 Å². The van der Waals surface area contributed by atoms with Crippen LogP contribution in [0.25, 0.3) is 0 Å². The van der Waals surface area contributed by atoms with Crippen LogP contribution in [0.2, 0.25) is 0 Å². The van der Waals surface area contributed by atoms with Gasteiger partial charge in [0, 0.05) is 6.54 Å². The van der Waals surface area contributed by atoms with E-state index in [2.05, 4.69) is 17.6 Å². The van der Waals surface area contributed by atoms with Crippen LogP contribution >= 0.6 is 0 Å². The molecule has 7 heteroatoms. The molecule has 0 aromatic heterocycles. The maximum Gasteiger partial charge on any atom is 0.325 e. The van der Waals surface area contributed by atoms with E-state index in [1.807, 2.05) is 19.0 Å². The second kappa shape index (κ2) is 7.96. The van der Waals surface area contributed by atoms with Crippen LogP contribution < -0.4 is 10.6 Å². The highest BCUT2D eigenvalue weighted by atomic mass is 16.2. The zero-order chi connectivity index (χ0) is 17.7. The highest BCUT2D eigenvalue weighted by Gasteiger charge is 2.52. The number of urea groups is 1. The van der Waals surface area contributed by atoms with Gasteiger partial charge in [0.05, 0.1) is 0 Å². The number of hydrogen-bond donors (Lipinski definition) is 2. The second-order valence-corrected chi connectivity index (χ2v) is 7.26. The molecule has 2 rings (SSSR count). The summed E-state index contributed by atoms with van der Waals surface area (Å²) in [5.41, 5.74) is -0.770. The fraction of sp³-hybridized carbons (Fsp3) is 0.824. The van der Waals surface area contributed by atoms with Gasteiger partial charge in [-0.2, -0.15) is 0 Å². The fourth-order valence-electron chi connectivity index (χ4n) is 3.56. The van der Waals surface area contributed by atoms with Gasteiger partial charge in [-0.1, -0.05) is 13.3 Å². The van der Waals surface area contributed by atoms with Gasteiger partial charge >= 0.3 is 6.03 Å². The van der Waals surface area contributed by atoms with E-state index in [9.17, 15) is 14.4 Å². The third-order valence-corrected chi connectivity index (χ3v) is 5.19. The summed E-state index contributed by atoms with van der Waals surface area (Å²) in [7, 11) is 3.95. The summed E-state index contributed by atoms with van der Waals surface area (Å²) >= 11 is 0. The third kappa shape index (κ3) is 4.26. The Bertz CT molecular complexity index is 484. The van der Waals surface area contributed by atoms with Crippen LogP contribution in [0.1, 0.15) is 45.4 Å². The summed E-state index contributed by atoms with van der Waals surface area (Å²) < 4.78 is 0. The fourth-order valence-corrected chi connectivity index (χ4v) is 3.56. The summed E-state index contributed by atoms with van der Waals surface area (Å²) in [6.07, 6.45) is 5.20. The Morgan fingerprint density at radius 3 is 2.58 bits per heavy atom. The SMILES string of the molecule is CCC1CCC2(CC1)NC(=O)N(CC(=O)NCCCN(C)C)C2=O. The molecule has 0 radical (unpaired) electrons. The number of hydrogen-bond acceptors (Lipinski definition) is 4. The lowest BCUT2D eigenvalue weighted by molar-refractivity contribution is -0.136. The van der Waals surface area contributed by atoms with Crippen molar-refractivity contribution in [1.29, 1.82) is 0 Å². The number of rotatable bonds is 7. The Morgan fingerprint density at radius 1 is 1.33 bits per heavy atom. The van der Waals surface area contributed by atoms with E-state index in [1.165, 1.54) is 0 Å². The van der Waals surface area contributed by atoms with Gasteiger partial charge in [-0.05, 0) is 58.7 Å². The molecule has 1 spiro atoms. The Hall–Kier alpha value is -1.63. The van der Waals surface area contributed by atoms with E-state index >= 15 is 0 Å². The van der Waals surface area contributed by atoms with Crippen molar-refractivity contribution in [2.24, 2.45) is 5.92 Å². The summed E-state index contributed by atoms with van der Waals surface area (Å²) in [6, 6.07) is -0.432. The molecule has 0 unspecified atom stereocenters. The summed E-state index contributed by atoms with van der Waals surface area (Å²) in [5.74, 6) is 0.122. The predicted molar refractivity (Wildman–Crippen MR) is 91.4 cm³/mol. The van der Waals surface area contributed by atoms with E-state index in [1.54, 1.807) is 0 Å².